The Morgan fingerprint density at radius 2 is 1.80 bits per heavy atom. The lowest BCUT2D eigenvalue weighted by molar-refractivity contribution is 0.0914. The van der Waals surface area contributed by atoms with Gasteiger partial charge in [-0.2, -0.15) is 0 Å². The third kappa shape index (κ3) is 5.05. The minimum Gasteiger partial charge on any atom is -0.350 e. The number of benzene rings is 1. The smallest absolute Gasteiger partial charge is 0.261 e. The van der Waals surface area contributed by atoms with E-state index in [1.807, 2.05) is 19.1 Å². The van der Waals surface area contributed by atoms with Crippen LogP contribution in [0.1, 0.15) is 58.2 Å². The molecule has 1 saturated carbocycles. The molecule has 1 aliphatic carbocycles. The Kier molecular flexibility index (Phi) is 6.46. The second-order valence-electron chi connectivity index (χ2n) is 8.53. The Hall–Kier alpha value is -1.89. The first kappa shape index (κ1) is 21.3. The molecule has 2 amide bonds. The highest BCUT2D eigenvalue weighted by molar-refractivity contribution is 7.18. The van der Waals surface area contributed by atoms with Gasteiger partial charge in [0.1, 0.15) is 0 Å². The summed E-state index contributed by atoms with van der Waals surface area (Å²) in [6, 6.07) is 11.3. The number of rotatable bonds is 8. The average Bonchev–Trinajstić information content (AvgIpc) is 3.11. The first-order valence-corrected chi connectivity index (χ1v) is 11.8. The summed E-state index contributed by atoms with van der Waals surface area (Å²) in [4.78, 5) is 27.8. The summed E-state index contributed by atoms with van der Waals surface area (Å²) < 4.78 is 0.581. The summed E-state index contributed by atoms with van der Waals surface area (Å²) in [5, 5.41) is 5.79. The molecule has 0 bridgehead atoms. The van der Waals surface area contributed by atoms with E-state index < -0.39 is 0 Å². The molecule has 0 spiro atoms. The van der Waals surface area contributed by atoms with Crippen molar-refractivity contribution in [2.75, 3.05) is 26.2 Å². The Morgan fingerprint density at radius 1 is 1.10 bits per heavy atom. The van der Waals surface area contributed by atoms with E-state index in [1.165, 1.54) is 55.7 Å². The Labute approximate surface area is 186 Å². The second-order valence-corrected chi connectivity index (χ2v) is 10.2. The van der Waals surface area contributed by atoms with Crippen molar-refractivity contribution in [1.82, 2.24) is 15.5 Å². The summed E-state index contributed by atoms with van der Waals surface area (Å²) in [5.41, 5.74) is 2.29. The molecule has 2 N–H and O–H groups in total. The zero-order valence-corrected chi connectivity index (χ0v) is 18.8. The Bertz CT molecular complexity index is 901. The third-order valence-corrected chi connectivity index (χ3v) is 7.31. The van der Waals surface area contributed by atoms with Crippen LogP contribution < -0.4 is 10.6 Å². The molecule has 4 rings (SSSR count). The minimum atomic E-state index is -0.184. The van der Waals surface area contributed by atoms with Crippen molar-refractivity contribution in [1.29, 1.82) is 0 Å². The average molecular weight is 446 g/mol. The van der Waals surface area contributed by atoms with E-state index >= 15 is 0 Å². The van der Waals surface area contributed by atoms with Crippen LogP contribution >= 0.6 is 22.9 Å². The number of thiophene rings is 1. The van der Waals surface area contributed by atoms with Crippen LogP contribution in [0.2, 0.25) is 4.34 Å². The van der Waals surface area contributed by atoms with Crippen molar-refractivity contribution >= 4 is 34.8 Å². The van der Waals surface area contributed by atoms with E-state index in [1.54, 1.807) is 12.1 Å². The molecule has 2 fully saturated rings. The Morgan fingerprint density at radius 3 is 2.40 bits per heavy atom. The number of likely N-dealkylation sites (tertiary alicyclic amines) is 1. The predicted octanol–water partition coefficient (Wildman–Crippen LogP) is 4.08. The second kappa shape index (κ2) is 9.08. The van der Waals surface area contributed by atoms with Crippen molar-refractivity contribution in [2.24, 2.45) is 0 Å². The normalized spacial score (nSPS) is 18.7. The molecule has 1 unspecified atom stereocenters. The molecule has 30 heavy (non-hydrogen) atoms. The monoisotopic (exact) mass is 445 g/mol. The van der Waals surface area contributed by atoms with Crippen LogP contribution in [0.5, 0.6) is 0 Å². The van der Waals surface area contributed by atoms with Gasteiger partial charge in [0.25, 0.3) is 11.8 Å². The first-order valence-electron chi connectivity index (χ1n) is 10.6. The topological polar surface area (TPSA) is 61.4 Å². The fourth-order valence-electron chi connectivity index (χ4n) is 4.16. The van der Waals surface area contributed by atoms with Crippen molar-refractivity contribution in [2.45, 2.75) is 44.1 Å². The molecule has 1 aliphatic heterocycles. The van der Waals surface area contributed by atoms with Crippen LogP contribution in [0.25, 0.3) is 0 Å². The van der Waals surface area contributed by atoms with Gasteiger partial charge in [0.2, 0.25) is 0 Å². The summed E-state index contributed by atoms with van der Waals surface area (Å²) in [6.45, 7) is 5.81. The highest BCUT2D eigenvalue weighted by atomic mass is 35.5. The van der Waals surface area contributed by atoms with Gasteiger partial charge in [0.05, 0.1) is 9.21 Å². The maximum atomic E-state index is 12.5. The van der Waals surface area contributed by atoms with Crippen molar-refractivity contribution < 1.29 is 9.59 Å². The van der Waals surface area contributed by atoms with Crippen LogP contribution in [0.4, 0.5) is 0 Å². The van der Waals surface area contributed by atoms with Crippen molar-refractivity contribution in [3.63, 3.8) is 0 Å². The van der Waals surface area contributed by atoms with Gasteiger partial charge in [0.15, 0.2) is 0 Å². The predicted molar refractivity (Wildman–Crippen MR) is 122 cm³/mol. The molecule has 0 radical (unpaired) electrons. The lowest BCUT2D eigenvalue weighted by atomic mass is 9.94. The number of carbonyl (C=O) groups excluding carboxylic acids is 2. The van der Waals surface area contributed by atoms with Crippen LogP contribution in [-0.4, -0.2) is 48.9 Å². The standard InChI is InChI=1S/C23H28ClN3O2S/c1-16(26-22(29)19-8-9-20(24)30-19)14-25-21(28)17-4-6-18(7-5-17)23(10-11-23)15-27-12-2-3-13-27/h4-9,16H,2-3,10-15H2,1H3,(H,25,28)(H,26,29). The Balaban J connectivity index is 1.27. The number of hydrogen-bond donors (Lipinski definition) is 2. The van der Waals surface area contributed by atoms with Crippen LogP contribution in [0.15, 0.2) is 36.4 Å². The highest BCUT2D eigenvalue weighted by Gasteiger charge is 2.45. The zero-order valence-electron chi connectivity index (χ0n) is 17.2. The fraction of sp³-hybridized carbons (Fsp3) is 0.478. The van der Waals surface area contributed by atoms with Gasteiger partial charge in [-0.05, 0) is 75.5 Å². The summed E-state index contributed by atoms with van der Waals surface area (Å²) in [7, 11) is 0. The van der Waals surface area contributed by atoms with Crippen LogP contribution in [-0.2, 0) is 5.41 Å². The van der Waals surface area contributed by atoms with E-state index in [2.05, 4.69) is 27.7 Å². The molecule has 1 atom stereocenters. The largest absolute Gasteiger partial charge is 0.350 e. The van der Waals surface area contributed by atoms with Gasteiger partial charge in [-0.15, -0.1) is 11.3 Å². The molecule has 1 aromatic carbocycles. The zero-order chi connectivity index (χ0) is 21.1. The van der Waals surface area contributed by atoms with Gasteiger partial charge in [0, 0.05) is 30.1 Å². The van der Waals surface area contributed by atoms with E-state index in [0.29, 0.717) is 26.7 Å². The molecule has 2 aliphatic rings. The molecule has 2 heterocycles. The fourth-order valence-corrected chi connectivity index (χ4v) is 5.11. The molecular formula is C23H28ClN3O2S. The summed E-state index contributed by atoms with van der Waals surface area (Å²) >= 11 is 7.12. The molecule has 2 aromatic rings. The molecule has 5 nitrogen and oxygen atoms in total. The van der Waals surface area contributed by atoms with Crippen LogP contribution in [0, 0.1) is 0 Å². The van der Waals surface area contributed by atoms with Crippen LogP contribution in [0.3, 0.4) is 0 Å². The van der Waals surface area contributed by atoms with E-state index in [-0.39, 0.29) is 17.9 Å². The molecule has 1 aromatic heterocycles. The number of nitrogens with one attached hydrogen (secondary N) is 2. The van der Waals surface area contributed by atoms with Gasteiger partial charge in [-0.3, -0.25) is 9.59 Å². The minimum absolute atomic E-state index is 0.119. The lowest BCUT2D eigenvalue weighted by Crippen LogP contribution is -2.41. The number of amides is 2. The maximum absolute atomic E-state index is 12.5. The van der Waals surface area contributed by atoms with E-state index in [0.717, 1.165) is 6.54 Å². The van der Waals surface area contributed by atoms with Gasteiger partial charge in [-0.25, -0.2) is 0 Å². The molecule has 7 heteroatoms. The van der Waals surface area contributed by atoms with E-state index in [4.69, 9.17) is 11.6 Å². The quantitative estimate of drug-likeness (QED) is 0.643. The number of nitrogens with zero attached hydrogens (tertiary/aromatic N) is 1. The SMILES string of the molecule is CC(CNC(=O)c1ccc(C2(CN3CCCC3)CC2)cc1)NC(=O)c1ccc(Cl)s1. The van der Waals surface area contributed by atoms with Gasteiger partial charge in [-0.1, -0.05) is 23.7 Å². The third-order valence-electron chi connectivity index (χ3n) is 6.08. The van der Waals surface area contributed by atoms with Crippen molar-refractivity contribution in [3.8, 4) is 0 Å². The van der Waals surface area contributed by atoms with E-state index in [9.17, 15) is 9.59 Å². The number of hydrogen-bond acceptors (Lipinski definition) is 4. The lowest BCUT2D eigenvalue weighted by Gasteiger charge is -2.23. The number of halogens is 1. The first-order chi connectivity index (χ1) is 14.4. The summed E-state index contributed by atoms with van der Waals surface area (Å²) in [6.07, 6.45) is 5.10. The molecular weight excluding hydrogens is 418 g/mol. The number of carbonyl (C=O) groups is 2. The van der Waals surface area contributed by atoms with Gasteiger partial charge >= 0.3 is 0 Å². The molecule has 1 saturated heterocycles. The van der Waals surface area contributed by atoms with Gasteiger partial charge < -0.3 is 15.5 Å². The highest BCUT2D eigenvalue weighted by Crippen LogP contribution is 2.49. The molecule has 160 valence electrons. The maximum Gasteiger partial charge on any atom is 0.261 e. The summed E-state index contributed by atoms with van der Waals surface area (Å²) in [5.74, 6) is -0.294. The van der Waals surface area contributed by atoms with Crippen molar-refractivity contribution in [3.05, 3.63) is 56.7 Å².